The van der Waals surface area contributed by atoms with Gasteiger partial charge in [0.1, 0.15) is 6.42 Å². The largest absolute Gasteiger partial charge is 0.295 e. The number of carbonyl (C=O) groups excluding carboxylic acids is 2. The average Bonchev–Trinajstić information content (AvgIpc) is 2.81. The van der Waals surface area contributed by atoms with Crippen LogP contribution in [0.25, 0.3) is 11.3 Å². The molecule has 0 saturated carbocycles. The Morgan fingerprint density at radius 3 is 2.55 bits per heavy atom. The molecule has 1 amide bonds. The van der Waals surface area contributed by atoms with Gasteiger partial charge in [-0.1, -0.05) is 12.1 Å². The van der Waals surface area contributed by atoms with Crippen molar-refractivity contribution in [2.24, 2.45) is 0 Å². The highest BCUT2D eigenvalue weighted by Gasteiger charge is 2.24. The molecule has 2 N–H and O–H groups in total. The lowest BCUT2D eigenvalue weighted by Crippen LogP contribution is -2.28. The first-order chi connectivity index (χ1) is 10.3. The van der Waals surface area contributed by atoms with E-state index in [1.165, 1.54) is 10.8 Å². The number of amides is 1. The smallest absolute Gasteiger partial charge is 0.242 e. The zero-order valence-electron chi connectivity index (χ0n) is 11.5. The molecular weight excluding hydrogens is 308 g/mol. The molecule has 2 aromatic rings. The third-order valence-corrected chi connectivity index (χ3v) is 3.63. The number of hydrogen-bond acceptors (Lipinski definition) is 5. The van der Waals surface area contributed by atoms with E-state index in [-0.39, 0.29) is 24.2 Å². The van der Waals surface area contributed by atoms with Crippen LogP contribution in [0, 0.1) is 0 Å². The average molecular weight is 320 g/mol. The fourth-order valence-corrected chi connectivity index (χ4v) is 2.68. The SMILES string of the molecule is CS(=O)(=O)Nc1ccc(-c2cn3c(n2)NC(=O)CC3=O)cc1. The van der Waals surface area contributed by atoms with Crippen molar-refractivity contribution in [1.29, 1.82) is 0 Å². The summed E-state index contributed by atoms with van der Waals surface area (Å²) in [4.78, 5) is 27.2. The number of aromatic nitrogens is 2. The van der Waals surface area contributed by atoms with Gasteiger partial charge in [0.05, 0.1) is 11.9 Å². The third kappa shape index (κ3) is 2.84. The van der Waals surface area contributed by atoms with E-state index in [1.807, 2.05) is 0 Å². The molecular formula is C13H12N4O4S. The van der Waals surface area contributed by atoms with Gasteiger partial charge in [-0.2, -0.15) is 0 Å². The lowest BCUT2D eigenvalue weighted by molar-refractivity contribution is -0.115. The summed E-state index contributed by atoms with van der Waals surface area (Å²) in [5.74, 6) is -0.537. The number of nitrogens with one attached hydrogen (secondary N) is 2. The van der Waals surface area contributed by atoms with Crippen molar-refractivity contribution < 1.29 is 18.0 Å². The highest BCUT2D eigenvalue weighted by atomic mass is 32.2. The maximum atomic E-state index is 11.7. The highest BCUT2D eigenvalue weighted by Crippen LogP contribution is 2.24. The van der Waals surface area contributed by atoms with Crippen LogP contribution in [0.3, 0.4) is 0 Å². The number of benzene rings is 1. The molecule has 8 nitrogen and oxygen atoms in total. The third-order valence-electron chi connectivity index (χ3n) is 3.02. The molecule has 0 aliphatic carbocycles. The molecule has 0 radical (unpaired) electrons. The van der Waals surface area contributed by atoms with Crippen LogP contribution in [0.2, 0.25) is 0 Å². The second-order valence-corrected chi connectivity index (χ2v) is 6.64. The number of nitrogens with zero attached hydrogens (tertiary/aromatic N) is 2. The molecule has 1 aliphatic heterocycles. The lowest BCUT2D eigenvalue weighted by atomic mass is 10.1. The molecule has 0 fully saturated rings. The Morgan fingerprint density at radius 1 is 1.23 bits per heavy atom. The Balaban J connectivity index is 1.91. The van der Waals surface area contributed by atoms with Gasteiger partial charge in [-0.05, 0) is 12.1 Å². The van der Waals surface area contributed by atoms with E-state index in [1.54, 1.807) is 24.3 Å². The first-order valence-electron chi connectivity index (χ1n) is 6.32. The molecule has 1 aliphatic rings. The van der Waals surface area contributed by atoms with Crippen molar-refractivity contribution in [3.63, 3.8) is 0 Å². The molecule has 1 aromatic carbocycles. The monoisotopic (exact) mass is 320 g/mol. The van der Waals surface area contributed by atoms with Crippen LogP contribution < -0.4 is 10.0 Å². The maximum Gasteiger partial charge on any atom is 0.242 e. The van der Waals surface area contributed by atoms with Gasteiger partial charge in [-0.25, -0.2) is 13.4 Å². The van der Waals surface area contributed by atoms with Crippen LogP contribution in [0.1, 0.15) is 11.2 Å². The van der Waals surface area contributed by atoms with Crippen molar-refractivity contribution in [3.8, 4) is 11.3 Å². The molecule has 22 heavy (non-hydrogen) atoms. The van der Waals surface area contributed by atoms with E-state index >= 15 is 0 Å². The Morgan fingerprint density at radius 2 is 1.91 bits per heavy atom. The molecule has 1 aromatic heterocycles. The van der Waals surface area contributed by atoms with Crippen molar-refractivity contribution in [2.75, 3.05) is 16.3 Å². The summed E-state index contributed by atoms with van der Waals surface area (Å²) in [5.41, 5.74) is 1.64. The topological polar surface area (TPSA) is 110 Å². The zero-order valence-corrected chi connectivity index (χ0v) is 12.3. The minimum Gasteiger partial charge on any atom is -0.295 e. The molecule has 114 valence electrons. The standard InChI is InChI=1S/C13H12N4O4S/c1-22(20,21)16-9-4-2-8(3-5-9)10-7-17-12(19)6-11(18)15-13(17)14-10/h2-5,7,16H,6H2,1H3,(H,14,15,18). The van der Waals surface area contributed by atoms with E-state index in [2.05, 4.69) is 15.0 Å². The lowest BCUT2D eigenvalue weighted by Gasteiger charge is -2.11. The van der Waals surface area contributed by atoms with Gasteiger partial charge < -0.3 is 0 Å². The normalized spacial score (nSPS) is 14.4. The maximum absolute atomic E-state index is 11.7. The quantitative estimate of drug-likeness (QED) is 0.817. The zero-order chi connectivity index (χ0) is 15.9. The fourth-order valence-electron chi connectivity index (χ4n) is 2.11. The molecule has 0 spiro atoms. The van der Waals surface area contributed by atoms with Crippen LogP contribution in [-0.2, 0) is 14.8 Å². The summed E-state index contributed by atoms with van der Waals surface area (Å²) in [6.45, 7) is 0. The van der Waals surface area contributed by atoms with Crippen molar-refractivity contribution in [1.82, 2.24) is 9.55 Å². The van der Waals surface area contributed by atoms with E-state index in [0.717, 1.165) is 6.26 Å². The van der Waals surface area contributed by atoms with E-state index < -0.39 is 10.0 Å². The minimum atomic E-state index is -3.33. The molecule has 0 unspecified atom stereocenters. The molecule has 9 heteroatoms. The number of anilines is 2. The summed E-state index contributed by atoms with van der Waals surface area (Å²) in [5, 5.41) is 2.52. The Labute approximate surface area is 126 Å². The Hall–Kier alpha value is -2.68. The van der Waals surface area contributed by atoms with Crippen LogP contribution in [0.15, 0.2) is 30.5 Å². The van der Waals surface area contributed by atoms with Crippen LogP contribution in [0.5, 0.6) is 0 Å². The fraction of sp³-hybridized carbons (Fsp3) is 0.154. The van der Waals surface area contributed by atoms with Gasteiger partial charge in [-0.3, -0.25) is 24.2 Å². The number of imidazole rings is 1. The second kappa shape index (κ2) is 4.95. The van der Waals surface area contributed by atoms with E-state index in [9.17, 15) is 18.0 Å². The van der Waals surface area contributed by atoms with Crippen molar-refractivity contribution in [2.45, 2.75) is 6.42 Å². The number of rotatable bonds is 3. The molecule has 0 saturated heterocycles. The molecule has 3 rings (SSSR count). The van der Waals surface area contributed by atoms with E-state index in [0.29, 0.717) is 16.9 Å². The molecule has 0 bridgehead atoms. The minimum absolute atomic E-state index is 0.189. The number of sulfonamides is 1. The highest BCUT2D eigenvalue weighted by molar-refractivity contribution is 7.92. The number of carbonyl (C=O) groups is 2. The van der Waals surface area contributed by atoms with Crippen LogP contribution in [-0.4, -0.2) is 36.0 Å². The number of fused-ring (bicyclic) bond motifs is 1. The summed E-state index contributed by atoms with van der Waals surface area (Å²) in [7, 11) is -3.33. The second-order valence-electron chi connectivity index (χ2n) is 4.89. The Bertz CT molecular complexity index is 868. The summed E-state index contributed by atoms with van der Waals surface area (Å²) < 4.78 is 25.9. The van der Waals surface area contributed by atoms with Gasteiger partial charge in [0, 0.05) is 17.4 Å². The molecule has 2 heterocycles. The predicted molar refractivity (Wildman–Crippen MR) is 80.0 cm³/mol. The first-order valence-corrected chi connectivity index (χ1v) is 8.22. The van der Waals surface area contributed by atoms with Crippen LogP contribution in [0.4, 0.5) is 11.6 Å². The van der Waals surface area contributed by atoms with Crippen molar-refractivity contribution >= 4 is 33.5 Å². The summed E-state index contributed by atoms with van der Waals surface area (Å²) in [6, 6.07) is 6.53. The van der Waals surface area contributed by atoms with Crippen molar-refractivity contribution in [3.05, 3.63) is 30.5 Å². The van der Waals surface area contributed by atoms with Gasteiger partial charge in [-0.15, -0.1) is 0 Å². The van der Waals surface area contributed by atoms with Crippen LogP contribution >= 0.6 is 0 Å². The summed E-state index contributed by atoms with van der Waals surface area (Å²) >= 11 is 0. The number of hydrogen-bond donors (Lipinski definition) is 2. The van der Waals surface area contributed by atoms with Gasteiger partial charge in [0.25, 0.3) is 0 Å². The molecule has 0 atom stereocenters. The predicted octanol–water partition coefficient (Wildman–Crippen LogP) is 0.904. The summed E-state index contributed by atoms with van der Waals surface area (Å²) in [6.07, 6.45) is 2.40. The first kappa shape index (κ1) is 14.3. The van der Waals surface area contributed by atoms with E-state index in [4.69, 9.17) is 0 Å². The van der Waals surface area contributed by atoms with Gasteiger partial charge >= 0.3 is 0 Å². The van der Waals surface area contributed by atoms with Gasteiger partial charge in [0.2, 0.25) is 27.8 Å². The van der Waals surface area contributed by atoms with Gasteiger partial charge in [0.15, 0.2) is 0 Å². The Kier molecular flexibility index (Phi) is 3.21.